The number of hydrogen-bond acceptors (Lipinski definition) is 2. The molecular weight excluding hydrogens is 198 g/mol. The third-order valence-corrected chi connectivity index (χ3v) is 2.85. The minimum atomic E-state index is -0.355. The lowest BCUT2D eigenvalue weighted by Gasteiger charge is -2.10. The first-order valence-corrected chi connectivity index (χ1v) is 5.84. The van der Waals surface area contributed by atoms with Crippen LogP contribution in [-0.4, -0.2) is 10.1 Å². The van der Waals surface area contributed by atoms with E-state index in [1.54, 1.807) is 6.20 Å². The van der Waals surface area contributed by atoms with Crippen molar-refractivity contribution in [2.24, 2.45) is 0 Å². The second-order valence-electron chi connectivity index (χ2n) is 4.11. The van der Waals surface area contributed by atoms with Crippen molar-refractivity contribution in [2.75, 3.05) is 0 Å². The molecule has 2 heteroatoms. The molecule has 1 unspecified atom stereocenters. The smallest absolute Gasteiger partial charge is 0.0790 e. The van der Waals surface area contributed by atoms with Gasteiger partial charge < -0.3 is 5.11 Å². The maximum Gasteiger partial charge on any atom is 0.0790 e. The van der Waals surface area contributed by atoms with Crippen LogP contribution in [0.5, 0.6) is 0 Å². The SMILES string of the molecule is CCCCC(O)c1ccc2cccnc2c1. The molecule has 1 aromatic carbocycles. The molecular formula is C14H17NO. The molecule has 0 radical (unpaired) electrons. The minimum absolute atomic E-state index is 0.355. The van der Waals surface area contributed by atoms with E-state index in [0.29, 0.717) is 0 Å². The van der Waals surface area contributed by atoms with Gasteiger partial charge in [0.2, 0.25) is 0 Å². The lowest BCUT2D eigenvalue weighted by molar-refractivity contribution is 0.164. The van der Waals surface area contributed by atoms with Gasteiger partial charge in [0.05, 0.1) is 11.6 Å². The average molecular weight is 215 g/mol. The number of hydrogen-bond donors (Lipinski definition) is 1. The molecule has 0 fully saturated rings. The van der Waals surface area contributed by atoms with E-state index >= 15 is 0 Å². The Bertz CT molecular complexity index is 467. The van der Waals surface area contributed by atoms with E-state index in [1.807, 2.05) is 30.3 Å². The summed E-state index contributed by atoms with van der Waals surface area (Å²) < 4.78 is 0. The molecule has 16 heavy (non-hydrogen) atoms. The van der Waals surface area contributed by atoms with Crippen molar-refractivity contribution in [1.82, 2.24) is 4.98 Å². The number of rotatable bonds is 4. The van der Waals surface area contributed by atoms with Crippen LogP contribution >= 0.6 is 0 Å². The summed E-state index contributed by atoms with van der Waals surface area (Å²) in [4.78, 5) is 4.29. The van der Waals surface area contributed by atoms with Crippen LogP contribution in [0.15, 0.2) is 36.5 Å². The summed E-state index contributed by atoms with van der Waals surface area (Å²) in [6.07, 6.45) is 4.43. The van der Waals surface area contributed by atoms with Gasteiger partial charge in [-0.05, 0) is 24.1 Å². The third-order valence-electron chi connectivity index (χ3n) is 2.85. The van der Waals surface area contributed by atoms with Crippen LogP contribution in [0.4, 0.5) is 0 Å². The number of pyridine rings is 1. The van der Waals surface area contributed by atoms with Crippen LogP contribution in [0.1, 0.15) is 37.9 Å². The summed E-state index contributed by atoms with van der Waals surface area (Å²) in [6.45, 7) is 2.13. The predicted octanol–water partition coefficient (Wildman–Crippen LogP) is 3.46. The van der Waals surface area contributed by atoms with E-state index in [2.05, 4.69) is 11.9 Å². The van der Waals surface area contributed by atoms with Crippen LogP contribution < -0.4 is 0 Å². The highest BCUT2D eigenvalue weighted by Crippen LogP contribution is 2.22. The summed E-state index contributed by atoms with van der Waals surface area (Å²) in [5, 5.41) is 11.1. The van der Waals surface area contributed by atoms with Gasteiger partial charge in [0.1, 0.15) is 0 Å². The number of aromatic nitrogens is 1. The third kappa shape index (κ3) is 2.39. The molecule has 1 heterocycles. The Labute approximate surface area is 96.0 Å². The van der Waals surface area contributed by atoms with Crippen molar-refractivity contribution in [3.8, 4) is 0 Å². The van der Waals surface area contributed by atoms with Gasteiger partial charge in [0.15, 0.2) is 0 Å². The highest BCUT2D eigenvalue weighted by atomic mass is 16.3. The zero-order valence-electron chi connectivity index (χ0n) is 9.56. The number of fused-ring (bicyclic) bond motifs is 1. The van der Waals surface area contributed by atoms with Gasteiger partial charge in [0, 0.05) is 11.6 Å². The lowest BCUT2D eigenvalue weighted by Crippen LogP contribution is -1.97. The number of unbranched alkanes of at least 4 members (excludes halogenated alkanes) is 1. The first-order chi connectivity index (χ1) is 7.81. The number of aliphatic hydroxyl groups excluding tert-OH is 1. The van der Waals surface area contributed by atoms with Gasteiger partial charge in [0.25, 0.3) is 0 Å². The van der Waals surface area contributed by atoms with Crippen molar-refractivity contribution < 1.29 is 5.11 Å². The molecule has 0 aliphatic carbocycles. The molecule has 1 aromatic heterocycles. The van der Waals surface area contributed by atoms with Gasteiger partial charge in [-0.25, -0.2) is 0 Å². The molecule has 1 N–H and O–H groups in total. The minimum Gasteiger partial charge on any atom is -0.388 e. The standard InChI is InChI=1S/C14H17NO/c1-2-3-6-14(16)12-8-7-11-5-4-9-15-13(11)10-12/h4-5,7-10,14,16H,2-3,6H2,1H3. The predicted molar refractivity (Wildman–Crippen MR) is 66.2 cm³/mol. The maximum absolute atomic E-state index is 9.98. The van der Waals surface area contributed by atoms with E-state index in [1.165, 1.54) is 0 Å². The highest BCUT2D eigenvalue weighted by molar-refractivity contribution is 5.78. The van der Waals surface area contributed by atoms with Gasteiger partial charge >= 0.3 is 0 Å². The van der Waals surface area contributed by atoms with Crippen LogP contribution in [0, 0.1) is 0 Å². The van der Waals surface area contributed by atoms with E-state index in [9.17, 15) is 5.11 Å². The zero-order chi connectivity index (χ0) is 11.4. The van der Waals surface area contributed by atoms with Crippen molar-refractivity contribution >= 4 is 10.9 Å². The first-order valence-electron chi connectivity index (χ1n) is 5.84. The normalized spacial score (nSPS) is 12.9. The molecule has 0 bridgehead atoms. The first kappa shape index (κ1) is 11.1. The zero-order valence-corrected chi connectivity index (χ0v) is 9.56. The van der Waals surface area contributed by atoms with Gasteiger partial charge in [-0.15, -0.1) is 0 Å². The molecule has 0 amide bonds. The molecule has 1 atom stereocenters. The summed E-state index contributed by atoms with van der Waals surface area (Å²) in [5.41, 5.74) is 1.93. The molecule has 0 saturated heterocycles. The monoisotopic (exact) mass is 215 g/mol. The summed E-state index contributed by atoms with van der Waals surface area (Å²) in [7, 11) is 0. The Morgan fingerprint density at radius 2 is 2.19 bits per heavy atom. The highest BCUT2D eigenvalue weighted by Gasteiger charge is 2.07. The van der Waals surface area contributed by atoms with Crippen molar-refractivity contribution in [2.45, 2.75) is 32.3 Å². The van der Waals surface area contributed by atoms with Crippen molar-refractivity contribution in [1.29, 1.82) is 0 Å². The van der Waals surface area contributed by atoms with Crippen LogP contribution in [-0.2, 0) is 0 Å². The van der Waals surface area contributed by atoms with Gasteiger partial charge in [-0.2, -0.15) is 0 Å². The second kappa shape index (κ2) is 5.08. The van der Waals surface area contributed by atoms with E-state index < -0.39 is 0 Å². The maximum atomic E-state index is 9.98. The quantitative estimate of drug-likeness (QED) is 0.847. The Balaban J connectivity index is 2.25. The fourth-order valence-corrected chi connectivity index (χ4v) is 1.85. The van der Waals surface area contributed by atoms with E-state index in [-0.39, 0.29) is 6.10 Å². The topological polar surface area (TPSA) is 33.1 Å². The average Bonchev–Trinajstić information content (AvgIpc) is 2.35. The van der Waals surface area contributed by atoms with Crippen molar-refractivity contribution in [3.05, 3.63) is 42.1 Å². The molecule has 0 aliphatic heterocycles. The Morgan fingerprint density at radius 3 is 3.00 bits per heavy atom. The fourth-order valence-electron chi connectivity index (χ4n) is 1.85. The largest absolute Gasteiger partial charge is 0.388 e. The molecule has 2 nitrogen and oxygen atoms in total. The van der Waals surface area contributed by atoms with Crippen molar-refractivity contribution in [3.63, 3.8) is 0 Å². The summed E-state index contributed by atoms with van der Waals surface area (Å²) in [6, 6.07) is 9.95. The Morgan fingerprint density at radius 1 is 1.31 bits per heavy atom. The Hall–Kier alpha value is -1.41. The number of benzene rings is 1. The number of nitrogens with zero attached hydrogens (tertiary/aromatic N) is 1. The molecule has 0 aliphatic rings. The number of aliphatic hydroxyl groups is 1. The molecule has 2 aromatic rings. The lowest BCUT2D eigenvalue weighted by atomic mass is 10.0. The van der Waals surface area contributed by atoms with E-state index in [4.69, 9.17) is 0 Å². The second-order valence-corrected chi connectivity index (χ2v) is 4.11. The van der Waals surface area contributed by atoms with Crippen LogP contribution in [0.3, 0.4) is 0 Å². The molecule has 2 rings (SSSR count). The fraction of sp³-hybridized carbons (Fsp3) is 0.357. The molecule has 84 valence electrons. The van der Waals surface area contributed by atoms with Gasteiger partial charge in [-0.1, -0.05) is 38.0 Å². The van der Waals surface area contributed by atoms with Gasteiger partial charge in [-0.3, -0.25) is 4.98 Å². The Kier molecular flexibility index (Phi) is 3.52. The molecule has 0 saturated carbocycles. The van der Waals surface area contributed by atoms with Crippen LogP contribution in [0.2, 0.25) is 0 Å². The molecule has 0 spiro atoms. The summed E-state index contributed by atoms with van der Waals surface area (Å²) >= 11 is 0. The van der Waals surface area contributed by atoms with E-state index in [0.717, 1.165) is 35.7 Å². The summed E-state index contributed by atoms with van der Waals surface area (Å²) in [5.74, 6) is 0. The van der Waals surface area contributed by atoms with Crippen LogP contribution in [0.25, 0.3) is 10.9 Å².